The van der Waals surface area contributed by atoms with Gasteiger partial charge < -0.3 is 10.5 Å². The first-order valence-corrected chi connectivity index (χ1v) is 7.24. The Hall–Kier alpha value is -0.930. The van der Waals surface area contributed by atoms with Gasteiger partial charge in [0.1, 0.15) is 0 Å². The van der Waals surface area contributed by atoms with E-state index >= 15 is 0 Å². The molecule has 3 nitrogen and oxygen atoms in total. The highest BCUT2D eigenvalue weighted by Crippen LogP contribution is 2.39. The number of aromatic nitrogens is 1. The van der Waals surface area contributed by atoms with Crippen molar-refractivity contribution in [3.05, 3.63) is 29.6 Å². The third-order valence-corrected chi connectivity index (χ3v) is 4.00. The fourth-order valence-corrected chi connectivity index (χ4v) is 3.38. The Balaban J connectivity index is 1.95. The minimum Gasteiger partial charge on any atom is -0.373 e. The van der Waals surface area contributed by atoms with Gasteiger partial charge in [0.05, 0.1) is 18.4 Å². The van der Waals surface area contributed by atoms with E-state index < -0.39 is 0 Å². The molecule has 1 aliphatic rings. The van der Waals surface area contributed by atoms with Crippen LogP contribution >= 0.6 is 0 Å². The smallest absolute Gasteiger partial charge is 0.0738 e. The van der Waals surface area contributed by atoms with Crippen molar-refractivity contribution in [3.63, 3.8) is 0 Å². The highest BCUT2D eigenvalue weighted by Gasteiger charge is 2.32. The molecule has 0 aromatic carbocycles. The minimum atomic E-state index is 0.365. The van der Waals surface area contributed by atoms with Crippen molar-refractivity contribution in [2.75, 3.05) is 0 Å². The predicted molar refractivity (Wildman–Crippen MR) is 77.5 cm³/mol. The van der Waals surface area contributed by atoms with Gasteiger partial charge in [-0.15, -0.1) is 0 Å². The molecular formula is C16H26N2O. The fraction of sp³-hybridized carbons (Fsp3) is 0.688. The van der Waals surface area contributed by atoms with Crippen molar-refractivity contribution >= 4 is 0 Å². The van der Waals surface area contributed by atoms with Crippen molar-refractivity contribution in [2.45, 2.75) is 59.3 Å². The SMILES string of the molecule is CC1CC(OCc2cccnc2CN)CC(C)(C)C1. The van der Waals surface area contributed by atoms with Crippen molar-refractivity contribution in [1.82, 2.24) is 4.98 Å². The largest absolute Gasteiger partial charge is 0.373 e. The molecule has 2 atom stereocenters. The summed E-state index contributed by atoms with van der Waals surface area (Å²) in [5.41, 5.74) is 8.18. The maximum absolute atomic E-state index is 6.12. The molecule has 1 aromatic heterocycles. The maximum Gasteiger partial charge on any atom is 0.0738 e. The fourth-order valence-electron chi connectivity index (χ4n) is 3.38. The molecule has 0 amide bonds. The standard InChI is InChI=1S/C16H26N2O/c1-12-7-14(9-16(2,3)8-12)19-11-13-5-4-6-18-15(13)10-17/h4-6,12,14H,7-11,17H2,1-3H3. The monoisotopic (exact) mass is 262 g/mol. The summed E-state index contributed by atoms with van der Waals surface area (Å²) in [4.78, 5) is 4.30. The van der Waals surface area contributed by atoms with E-state index in [1.54, 1.807) is 6.20 Å². The van der Waals surface area contributed by atoms with E-state index in [9.17, 15) is 0 Å². The average Bonchev–Trinajstić information content (AvgIpc) is 2.34. The lowest BCUT2D eigenvalue weighted by molar-refractivity contribution is -0.0319. The van der Waals surface area contributed by atoms with Crippen LogP contribution in [0, 0.1) is 11.3 Å². The summed E-state index contributed by atoms with van der Waals surface area (Å²) < 4.78 is 6.12. The first kappa shape index (κ1) is 14.5. The Labute approximate surface area is 116 Å². The summed E-state index contributed by atoms with van der Waals surface area (Å²) in [5, 5.41) is 0. The summed E-state index contributed by atoms with van der Waals surface area (Å²) in [7, 11) is 0. The molecule has 0 radical (unpaired) electrons. The predicted octanol–water partition coefficient (Wildman–Crippen LogP) is 3.27. The van der Waals surface area contributed by atoms with Crippen molar-refractivity contribution < 1.29 is 4.74 Å². The lowest BCUT2D eigenvalue weighted by atomic mass is 9.71. The zero-order valence-corrected chi connectivity index (χ0v) is 12.4. The lowest BCUT2D eigenvalue weighted by Gasteiger charge is -2.38. The van der Waals surface area contributed by atoms with Crippen molar-refractivity contribution in [2.24, 2.45) is 17.1 Å². The van der Waals surface area contributed by atoms with Crippen LogP contribution in [-0.2, 0) is 17.9 Å². The van der Waals surface area contributed by atoms with Crippen LogP contribution in [0.1, 0.15) is 51.3 Å². The number of nitrogens with two attached hydrogens (primary N) is 1. The highest BCUT2D eigenvalue weighted by atomic mass is 16.5. The van der Waals surface area contributed by atoms with Gasteiger partial charge in [-0.05, 0) is 36.7 Å². The molecule has 1 aliphatic carbocycles. The number of nitrogens with zero attached hydrogens (tertiary/aromatic N) is 1. The van der Waals surface area contributed by atoms with Gasteiger partial charge in [-0.3, -0.25) is 4.98 Å². The second-order valence-corrected chi connectivity index (χ2v) is 6.66. The summed E-state index contributed by atoms with van der Waals surface area (Å²) >= 11 is 0. The van der Waals surface area contributed by atoms with Gasteiger partial charge in [0.2, 0.25) is 0 Å². The first-order valence-electron chi connectivity index (χ1n) is 7.24. The summed E-state index contributed by atoms with van der Waals surface area (Å²) in [6, 6.07) is 4.01. The molecule has 2 N–H and O–H groups in total. The Bertz CT molecular complexity index is 417. The first-order chi connectivity index (χ1) is 9.00. The minimum absolute atomic E-state index is 0.365. The van der Waals surface area contributed by atoms with Crippen LogP contribution in [0.2, 0.25) is 0 Å². The molecule has 2 unspecified atom stereocenters. The van der Waals surface area contributed by atoms with E-state index in [4.69, 9.17) is 10.5 Å². The number of pyridine rings is 1. The van der Waals surface area contributed by atoms with Crippen LogP contribution in [0.5, 0.6) is 0 Å². The van der Waals surface area contributed by atoms with Gasteiger partial charge >= 0.3 is 0 Å². The van der Waals surface area contributed by atoms with Gasteiger partial charge in [0.15, 0.2) is 0 Å². The molecule has 3 heteroatoms. The van der Waals surface area contributed by atoms with Gasteiger partial charge in [-0.1, -0.05) is 26.8 Å². The number of rotatable bonds is 4. The van der Waals surface area contributed by atoms with E-state index in [-0.39, 0.29) is 0 Å². The molecule has 1 saturated carbocycles. The van der Waals surface area contributed by atoms with E-state index in [0.717, 1.165) is 23.6 Å². The summed E-state index contributed by atoms with van der Waals surface area (Å²) in [6.45, 7) is 8.12. The zero-order chi connectivity index (χ0) is 13.9. The van der Waals surface area contributed by atoms with Crippen molar-refractivity contribution in [1.29, 1.82) is 0 Å². The Morgan fingerprint density at radius 1 is 1.42 bits per heavy atom. The molecule has 0 bridgehead atoms. The van der Waals surface area contributed by atoms with Crippen LogP contribution in [0.4, 0.5) is 0 Å². The Morgan fingerprint density at radius 3 is 2.89 bits per heavy atom. The van der Waals surface area contributed by atoms with E-state index in [2.05, 4.69) is 31.8 Å². The second kappa shape index (κ2) is 6.02. The van der Waals surface area contributed by atoms with Crippen LogP contribution in [-0.4, -0.2) is 11.1 Å². The number of ether oxygens (including phenoxy) is 1. The van der Waals surface area contributed by atoms with Gasteiger partial charge in [-0.2, -0.15) is 0 Å². The molecule has 1 heterocycles. The van der Waals surface area contributed by atoms with E-state index in [0.29, 0.717) is 24.7 Å². The Morgan fingerprint density at radius 2 is 2.21 bits per heavy atom. The van der Waals surface area contributed by atoms with E-state index in [1.165, 1.54) is 12.8 Å². The van der Waals surface area contributed by atoms with Crippen molar-refractivity contribution in [3.8, 4) is 0 Å². The van der Waals surface area contributed by atoms with Gasteiger partial charge in [-0.25, -0.2) is 0 Å². The highest BCUT2D eigenvalue weighted by molar-refractivity contribution is 5.18. The topological polar surface area (TPSA) is 48.1 Å². The maximum atomic E-state index is 6.12. The number of hydrogen-bond acceptors (Lipinski definition) is 3. The van der Waals surface area contributed by atoms with Gasteiger partial charge in [0, 0.05) is 18.3 Å². The normalized spacial score (nSPS) is 26.3. The quantitative estimate of drug-likeness (QED) is 0.906. The molecule has 1 fully saturated rings. The lowest BCUT2D eigenvalue weighted by Crippen LogP contribution is -2.32. The summed E-state index contributed by atoms with van der Waals surface area (Å²) in [6.07, 6.45) is 5.77. The number of hydrogen-bond donors (Lipinski definition) is 1. The van der Waals surface area contributed by atoms with E-state index in [1.807, 2.05) is 6.07 Å². The molecule has 2 rings (SSSR count). The van der Waals surface area contributed by atoms with Crippen LogP contribution in [0.15, 0.2) is 18.3 Å². The average molecular weight is 262 g/mol. The second-order valence-electron chi connectivity index (χ2n) is 6.66. The molecular weight excluding hydrogens is 236 g/mol. The zero-order valence-electron chi connectivity index (χ0n) is 12.4. The third-order valence-electron chi connectivity index (χ3n) is 4.00. The van der Waals surface area contributed by atoms with Crippen LogP contribution in [0.25, 0.3) is 0 Å². The summed E-state index contributed by atoms with van der Waals surface area (Å²) in [5.74, 6) is 0.747. The molecule has 0 spiro atoms. The molecule has 0 saturated heterocycles. The third kappa shape index (κ3) is 4.02. The van der Waals surface area contributed by atoms with Crippen LogP contribution in [0.3, 0.4) is 0 Å². The Kier molecular flexibility index (Phi) is 4.58. The molecule has 19 heavy (non-hydrogen) atoms. The van der Waals surface area contributed by atoms with Crippen LogP contribution < -0.4 is 5.73 Å². The molecule has 1 aromatic rings. The van der Waals surface area contributed by atoms with Gasteiger partial charge in [0.25, 0.3) is 0 Å². The molecule has 0 aliphatic heterocycles. The molecule has 106 valence electrons.